The van der Waals surface area contributed by atoms with Gasteiger partial charge in [0.1, 0.15) is 0 Å². The second-order valence-corrected chi connectivity index (χ2v) is 8.74. The fourth-order valence-electron chi connectivity index (χ4n) is 3.64. The van der Waals surface area contributed by atoms with Crippen molar-refractivity contribution in [2.75, 3.05) is 13.2 Å². The maximum Gasteiger partial charge on any atom is 0.0900 e. The first kappa shape index (κ1) is 17.6. The van der Waals surface area contributed by atoms with E-state index in [2.05, 4.69) is 50.4 Å². The van der Waals surface area contributed by atoms with E-state index < -0.39 is 0 Å². The summed E-state index contributed by atoms with van der Waals surface area (Å²) in [6.07, 6.45) is 3.49. The van der Waals surface area contributed by atoms with Crippen LogP contribution in [0.25, 0.3) is 0 Å². The minimum Gasteiger partial charge on any atom is -0.396 e. The van der Waals surface area contributed by atoms with Crippen LogP contribution in [0, 0.1) is 12.3 Å². The molecule has 1 heterocycles. The first-order valence-corrected chi connectivity index (χ1v) is 9.68. The Morgan fingerprint density at radius 3 is 2.79 bits per heavy atom. The third kappa shape index (κ3) is 3.71. The van der Waals surface area contributed by atoms with Crippen molar-refractivity contribution in [1.29, 1.82) is 0 Å². The van der Waals surface area contributed by atoms with E-state index in [0.717, 1.165) is 13.0 Å². The van der Waals surface area contributed by atoms with Gasteiger partial charge in [-0.25, -0.2) is 4.98 Å². The number of aliphatic hydroxyl groups is 1. The Kier molecular flexibility index (Phi) is 5.38. The fourth-order valence-corrected chi connectivity index (χ4v) is 4.72. The molecule has 3 nitrogen and oxygen atoms in total. The zero-order valence-corrected chi connectivity index (χ0v) is 15.7. The van der Waals surface area contributed by atoms with E-state index >= 15 is 0 Å². The normalized spacial score (nSPS) is 19.1. The molecule has 2 aromatic rings. The van der Waals surface area contributed by atoms with E-state index in [4.69, 9.17) is 4.98 Å². The lowest BCUT2D eigenvalue weighted by atomic mass is 9.75. The molecule has 1 aromatic heterocycles. The molecule has 0 bridgehead atoms. The van der Waals surface area contributed by atoms with E-state index in [1.165, 1.54) is 34.0 Å². The third-order valence-corrected chi connectivity index (χ3v) is 6.31. The number of rotatable bonds is 6. The standard InChI is InChI=1S/C20H28N2OS/c1-14-22-18-11-7-10-17(19(18)24-14)21-12-16(20(2,3)13-23)15-8-5-4-6-9-15/h4-6,8-9,16-17,21,23H,7,10-13H2,1-3H3. The number of aryl methyl sites for hydroxylation is 2. The predicted molar refractivity (Wildman–Crippen MR) is 101 cm³/mol. The smallest absolute Gasteiger partial charge is 0.0900 e. The van der Waals surface area contributed by atoms with Gasteiger partial charge in [0.05, 0.1) is 10.7 Å². The summed E-state index contributed by atoms with van der Waals surface area (Å²) in [5.74, 6) is 0.281. The number of thiazole rings is 1. The van der Waals surface area contributed by atoms with Gasteiger partial charge in [-0.1, -0.05) is 44.2 Å². The molecule has 2 N–H and O–H groups in total. The predicted octanol–water partition coefficient (Wildman–Crippen LogP) is 4.22. The Labute approximate surface area is 149 Å². The van der Waals surface area contributed by atoms with E-state index in [9.17, 15) is 5.11 Å². The van der Waals surface area contributed by atoms with Crippen LogP contribution < -0.4 is 5.32 Å². The number of fused-ring (bicyclic) bond motifs is 1. The van der Waals surface area contributed by atoms with Crippen LogP contribution in [0.1, 0.15) is 59.8 Å². The average Bonchev–Trinajstić information content (AvgIpc) is 2.97. The van der Waals surface area contributed by atoms with Gasteiger partial charge in [-0.3, -0.25) is 0 Å². The van der Waals surface area contributed by atoms with Gasteiger partial charge in [0.25, 0.3) is 0 Å². The quantitative estimate of drug-likeness (QED) is 0.824. The molecule has 0 radical (unpaired) electrons. The molecule has 3 rings (SSSR count). The molecule has 1 aromatic carbocycles. The van der Waals surface area contributed by atoms with Crippen LogP contribution in [0.3, 0.4) is 0 Å². The summed E-state index contributed by atoms with van der Waals surface area (Å²) in [5.41, 5.74) is 2.43. The molecule has 2 unspecified atom stereocenters. The molecule has 0 saturated carbocycles. The van der Waals surface area contributed by atoms with Crippen LogP contribution in [0.5, 0.6) is 0 Å². The highest BCUT2D eigenvalue weighted by atomic mass is 32.1. The fraction of sp³-hybridized carbons (Fsp3) is 0.550. The zero-order valence-electron chi connectivity index (χ0n) is 14.9. The number of hydrogen-bond donors (Lipinski definition) is 2. The van der Waals surface area contributed by atoms with Gasteiger partial charge in [0, 0.05) is 30.0 Å². The molecule has 4 heteroatoms. The first-order valence-electron chi connectivity index (χ1n) is 8.86. The van der Waals surface area contributed by atoms with Gasteiger partial charge in [0.15, 0.2) is 0 Å². The Hall–Kier alpha value is -1.23. The van der Waals surface area contributed by atoms with Crippen LogP contribution in [0.4, 0.5) is 0 Å². The molecule has 1 aliphatic rings. The van der Waals surface area contributed by atoms with Gasteiger partial charge >= 0.3 is 0 Å². The Bertz CT molecular complexity index is 666. The van der Waals surface area contributed by atoms with Gasteiger partial charge in [-0.05, 0) is 37.2 Å². The van der Waals surface area contributed by atoms with Crippen LogP contribution in [0.15, 0.2) is 30.3 Å². The topological polar surface area (TPSA) is 45.2 Å². The number of benzene rings is 1. The van der Waals surface area contributed by atoms with E-state index in [0.29, 0.717) is 6.04 Å². The van der Waals surface area contributed by atoms with Crippen molar-refractivity contribution in [3.8, 4) is 0 Å². The maximum absolute atomic E-state index is 9.89. The minimum atomic E-state index is -0.157. The molecular formula is C20H28N2OS. The van der Waals surface area contributed by atoms with Crippen molar-refractivity contribution in [1.82, 2.24) is 10.3 Å². The lowest BCUT2D eigenvalue weighted by Crippen LogP contribution is -2.36. The second kappa shape index (κ2) is 7.34. The van der Waals surface area contributed by atoms with E-state index in [1.54, 1.807) is 0 Å². The molecule has 24 heavy (non-hydrogen) atoms. The summed E-state index contributed by atoms with van der Waals surface area (Å²) in [6.45, 7) is 7.45. The Balaban J connectivity index is 1.77. The van der Waals surface area contributed by atoms with Crippen molar-refractivity contribution in [3.63, 3.8) is 0 Å². The van der Waals surface area contributed by atoms with Crippen molar-refractivity contribution < 1.29 is 5.11 Å². The van der Waals surface area contributed by atoms with Gasteiger partial charge < -0.3 is 10.4 Å². The maximum atomic E-state index is 9.89. The molecular weight excluding hydrogens is 316 g/mol. The van der Waals surface area contributed by atoms with Crippen molar-refractivity contribution in [2.24, 2.45) is 5.41 Å². The number of nitrogens with zero attached hydrogens (tertiary/aromatic N) is 1. The molecule has 1 aliphatic carbocycles. The van der Waals surface area contributed by atoms with Crippen LogP contribution in [-0.2, 0) is 6.42 Å². The zero-order chi connectivity index (χ0) is 17.2. The molecule has 0 aliphatic heterocycles. The Morgan fingerprint density at radius 2 is 2.08 bits per heavy atom. The summed E-state index contributed by atoms with van der Waals surface area (Å²) in [4.78, 5) is 6.11. The van der Waals surface area contributed by atoms with Gasteiger partial charge in [0.2, 0.25) is 0 Å². The summed E-state index contributed by atoms with van der Waals surface area (Å²) in [6, 6.07) is 11.0. The van der Waals surface area contributed by atoms with Crippen molar-refractivity contribution in [2.45, 2.75) is 52.0 Å². The van der Waals surface area contributed by atoms with Crippen LogP contribution >= 0.6 is 11.3 Å². The van der Waals surface area contributed by atoms with E-state index in [1.807, 2.05) is 17.4 Å². The monoisotopic (exact) mass is 344 g/mol. The lowest BCUT2D eigenvalue weighted by Gasteiger charge is -2.35. The molecule has 2 atom stereocenters. The molecule has 0 spiro atoms. The third-order valence-electron chi connectivity index (χ3n) is 5.18. The minimum absolute atomic E-state index is 0.157. The highest BCUT2D eigenvalue weighted by molar-refractivity contribution is 7.11. The van der Waals surface area contributed by atoms with Crippen LogP contribution in [0.2, 0.25) is 0 Å². The van der Waals surface area contributed by atoms with Gasteiger partial charge in [-0.2, -0.15) is 0 Å². The number of hydrogen-bond acceptors (Lipinski definition) is 4. The lowest BCUT2D eigenvalue weighted by molar-refractivity contribution is 0.127. The number of aromatic nitrogens is 1. The average molecular weight is 345 g/mol. The number of nitrogens with one attached hydrogen (secondary N) is 1. The van der Waals surface area contributed by atoms with E-state index in [-0.39, 0.29) is 17.9 Å². The molecule has 0 fully saturated rings. The van der Waals surface area contributed by atoms with Crippen LogP contribution in [-0.4, -0.2) is 23.2 Å². The summed E-state index contributed by atoms with van der Waals surface area (Å²) in [7, 11) is 0. The second-order valence-electron chi connectivity index (χ2n) is 7.51. The van der Waals surface area contributed by atoms with Crippen molar-refractivity contribution >= 4 is 11.3 Å². The highest BCUT2D eigenvalue weighted by Gasteiger charge is 2.32. The summed E-state index contributed by atoms with van der Waals surface area (Å²) in [5, 5.41) is 14.8. The number of aliphatic hydroxyl groups excluding tert-OH is 1. The largest absolute Gasteiger partial charge is 0.396 e. The molecule has 0 amide bonds. The summed E-state index contributed by atoms with van der Waals surface area (Å²) < 4.78 is 0. The molecule has 0 saturated heterocycles. The SMILES string of the molecule is Cc1nc2c(s1)C(NCC(c1ccccc1)C(C)(C)CO)CCC2. The molecule has 130 valence electrons. The Morgan fingerprint density at radius 1 is 1.33 bits per heavy atom. The highest BCUT2D eigenvalue weighted by Crippen LogP contribution is 2.37. The van der Waals surface area contributed by atoms with Gasteiger partial charge in [-0.15, -0.1) is 11.3 Å². The van der Waals surface area contributed by atoms with Crippen molar-refractivity contribution in [3.05, 3.63) is 51.5 Å². The summed E-state index contributed by atoms with van der Waals surface area (Å²) >= 11 is 1.84. The first-order chi connectivity index (χ1) is 11.5.